The minimum Gasteiger partial charge on any atom is -0.598 e. The average molecular weight is 693 g/mol. The van der Waals surface area contributed by atoms with E-state index in [9.17, 15) is 14.1 Å². The van der Waals surface area contributed by atoms with Crippen LogP contribution < -0.4 is 10.0 Å². The van der Waals surface area contributed by atoms with Gasteiger partial charge in [-0.15, -0.1) is 4.72 Å². The molecule has 1 saturated heterocycles. The van der Waals surface area contributed by atoms with E-state index in [2.05, 4.69) is 10.0 Å². The third kappa shape index (κ3) is 8.45. The summed E-state index contributed by atoms with van der Waals surface area (Å²) in [5.41, 5.74) is -0.815. The third-order valence-corrected chi connectivity index (χ3v) is 10.9. The van der Waals surface area contributed by atoms with Gasteiger partial charge in [0.1, 0.15) is 33.3 Å². The molecule has 0 bridgehead atoms. The van der Waals surface area contributed by atoms with Crippen LogP contribution in [-0.2, 0) is 36.8 Å². The largest absolute Gasteiger partial charge is 0.598 e. The molecule has 1 aliphatic carbocycles. The van der Waals surface area contributed by atoms with Crippen LogP contribution in [0.4, 0.5) is 14.9 Å². The van der Waals surface area contributed by atoms with Crippen molar-refractivity contribution in [2.24, 2.45) is 5.92 Å². The minimum absolute atomic E-state index is 0.0589. The lowest BCUT2D eigenvalue weighted by Gasteiger charge is -2.38. The second-order valence-corrected chi connectivity index (χ2v) is 17.1. The Balaban J connectivity index is 1.53. The first-order chi connectivity index (χ1) is 23.1. The zero-order chi connectivity index (χ0) is 35.6. The predicted octanol–water partition coefficient (Wildman–Crippen LogP) is 7.20. The number of nitrogens with one attached hydrogen (secondary N) is 2. The van der Waals surface area contributed by atoms with E-state index in [1.54, 1.807) is 46.2 Å². The summed E-state index contributed by atoms with van der Waals surface area (Å²) in [7, 11) is 1.55. The van der Waals surface area contributed by atoms with E-state index in [1.165, 1.54) is 11.0 Å². The van der Waals surface area contributed by atoms with Gasteiger partial charge in [-0.05, 0) is 95.7 Å². The number of pyridine rings is 1. The Kier molecular flexibility index (Phi) is 10.8. The van der Waals surface area contributed by atoms with Crippen molar-refractivity contribution in [3.05, 3.63) is 95.6 Å². The summed E-state index contributed by atoms with van der Waals surface area (Å²) in [5.74, 6) is -0.669. The van der Waals surface area contributed by atoms with Crippen LogP contribution in [0.15, 0.2) is 72.9 Å². The second kappa shape index (κ2) is 14.4. The fraction of sp³-hybridized carbons (Fsp3) is 0.500. The van der Waals surface area contributed by atoms with E-state index < -0.39 is 56.7 Å². The SMILES string of the molecule is CO[C@]1(c2ccccc2)C[C@H](C(=O)Nc2cc([C@](CCC3CC3)(N[S@@+]([O-])C(C)(C)C)c3ccccn3)ccc2F)N(C(=O)OC(C)(C)C)C1. The van der Waals surface area contributed by atoms with Gasteiger partial charge >= 0.3 is 6.09 Å². The van der Waals surface area contributed by atoms with E-state index in [0.717, 1.165) is 24.8 Å². The van der Waals surface area contributed by atoms with E-state index in [0.29, 0.717) is 23.6 Å². The van der Waals surface area contributed by atoms with Gasteiger partial charge in [-0.25, -0.2) is 9.18 Å². The van der Waals surface area contributed by atoms with Crippen LogP contribution in [0, 0.1) is 11.7 Å². The van der Waals surface area contributed by atoms with E-state index in [1.807, 2.05) is 69.3 Å². The van der Waals surface area contributed by atoms with Gasteiger partial charge in [0.05, 0.1) is 17.9 Å². The molecule has 1 aromatic heterocycles. The summed E-state index contributed by atoms with van der Waals surface area (Å²) in [5, 5.41) is 2.79. The zero-order valence-corrected chi connectivity index (χ0v) is 30.4. The van der Waals surface area contributed by atoms with Crippen molar-refractivity contribution in [1.29, 1.82) is 0 Å². The number of halogens is 1. The molecule has 2 aromatic carbocycles. The molecule has 2 fully saturated rings. The number of rotatable bonds is 11. The number of anilines is 1. The summed E-state index contributed by atoms with van der Waals surface area (Å²) < 4.78 is 44.0. The standard InChI is InChI=1S/C38H49FN4O5S/c1-35(2,3)48-34(45)43-25-37(47-7,27-13-9-8-10-14-27)24-31(43)33(44)41-30-23-28(18-19-29(30)39)38(21-20-26-16-17-26,32-15-11-12-22-40-32)42-49(46)36(4,5)6/h8-15,18-19,22-23,26,31,42H,16-17,20-21,24-25H2,1-7H3,(H,41,44)/t31-,37-,38+,49+/m1/s1. The van der Waals surface area contributed by atoms with Crippen LogP contribution in [0.5, 0.6) is 0 Å². The van der Waals surface area contributed by atoms with Crippen LogP contribution in [0.3, 0.4) is 0 Å². The monoisotopic (exact) mass is 692 g/mol. The number of likely N-dealkylation sites (tertiary alicyclic amines) is 1. The molecule has 5 rings (SSSR count). The zero-order valence-electron chi connectivity index (χ0n) is 29.5. The number of carbonyl (C=O) groups excluding carboxylic acids is 2. The second-order valence-electron chi connectivity index (χ2n) is 15.2. The van der Waals surface area contributed by atoms with Crippen LogP contribution >= 0.6 is 0 Å². The number of benzene rings is 2. The summed E-state index contributed by atoms with van der Waals surface area (Å²) >= 11 is -1.52. The Morgan fingerprint density at radius 3 is 2.33 bits per heavy atom. The number of ether oxygens (including phenoxy) is 2. The van der Waals surface area contributed by atoms with Crippen molar-refractivity contribution in [2.45, 2.75) is 101 Å². The first-order valence-electron chi connectivity index (χ1n) is 16.9. The fourth-order valence-electron chi connectivity index (χ4n) is 6.27. The quantitative estimate of drug-likeness (QED) is 0.204. The molecule has 0 unspecified atom stereocenters. The molecule has 2 N–H and O–H groups in total. The Bertz CT molecular complexity index is 1610. The summed E-state index contributed by atoms with van der Waals surface area (Å²) in [6.07, 6.45) is 4.84. The molecule has 4 atom stereocenters. The molecular weight excluding hydrogens is 644 g/mol. The number of carbonyl (C=O) groups is 2. The minimum atomic E-state index is -1.52. The highest BCUT2D eigenvalue weighted by atomic mass is 32.2. The molecule has 264 valence electrons. The van der Waals surface area contributed by atoms with Gasteiger partial charge in [0, 0.05) is 31.1 Å². The lowest BCUT2D eigenvalue weighted by molar-refractivity contribution is -0.120. The van der Waals surface area contributed by atoms with Crippen LogP contribution in [-0.4, -0.2) is 56.5 Å². The third-order valence-electron chi connectivity index (χ3n) is 9.21. The van der Waals surface area contributed by atoms with Gasteiger partial charge in [0.15, 0.2) is 0 Å². The predicted molar refractivity (Wildman–Crippen MR) is 190 cm³/mol. The Morgan fingerprint density at radius 1 is 1.04 bits per heavy atom. The van der Waals surface area contributed by atoms with E-state index in [-0.39, 0.29) is 18.7 Å². The van der Waals surface area contributed by atoms with Gasteiger partial charge in [0.2, 0.25) is 5.91 Å². The maximum Gasteiger partial charge on any atom is 0.411 e. The van der Waals surface area contributed by atoms with Crippen molar-refractivity contribution in [3.8, 4) is 0 Å². The molecule has 0 spiro atoms. The highest BCUT2D eigenvalue weighted by Gasteiger charge is 2.52. The van der Waals surface area contributed by atoms with Gasteiger partial charge < -0.3 is 19.3 Å². The maximum absolute atomic E-state index is 15.7. The van der Waals surface area contributed by atoms with Crippen molar-refractivity contribution in [2.75, 3.05) is 19.0 Å². The summed E-state index contributed by atoms with van der Waals surface area (Å²) in [6.45, 7) is 11.0. The highest BCUT2D eigenvalue weighted by molar-refractivity contribution is 7.90. The van der Waals surface area contributed by atoms with Gasteiger partial charge in [0.25, 0.3) is 0 Å². The number of hydrogen-bond acceptors (Lipinski definition) is 7. The molecule has 3 aromatic rings. The average Bonchev–Trinajstić information content (AvgIpc) is 3.80. The Labute approximate surface area is 292 Å². The smallest absolute Gasteiger partial charge is 0.411 e. The number of hydrogen-bond donors (Lipinski definition) is 2. The van der Waals surface area contributed by atoms with Crippen molar-refractivity contribution >= 4 is 29.0 Å². The molecule has 2 aliphatic rings. The van der Waals surface area contributed by atoms with Crippen LogP contribution in [0.1, 0.15) is 90.5 Å². The van der Waals surface area contributed by atoms with Gasteiger partial charge in [-0.3, -0.25) is 14.7 Å². The molecule has 0 radical (unpaired) electrons. The summed E-state index contributed by atoms with van der Waals surface area (Å²) in [6, 6.07) is 18.5. The number of methoxy groups -OCH3 is 1. The number of aromatic nitrogens is 1. The first-order valence-corrected chi connectivity index (χ1v) is 18.0. The molecule has 49 heavy (non-hydrogen) atoms. The first kappa shape index (κ1) is 36.8. The molecule has 1 aliphatic heterocycles. The Morgan fingerprint density at radius 2 is 1.73 bits per heavy atom. The molecule has 2 heterocycles. The lowest BCUT2D eigenvalue weighted by Crippen LogP contribution is -2.52. The number of amides is 2. The molecule has 9 nitrogen and oxygen atoms in total. The van der Waals surface area contributed by atoms with Gasteiger partial charge in [-0.1, -0.05) is 55.3 Å². The molecular formula is C38H49FN4O5S. The fourth-order valence-corrected chi connectivity index (χ4v) is 7.22. The van der Waals surface area contributed by atoms with Crippen LogP contribution in [0.25, 0.3) is 0 Å². The summed E-state index contributed by atoms with van der Waals surface area (Å²) in [4.78, 5) is 33.8. The Hall–Kier alpha value is -3.51. The highest BCUT2D eigenvalue weighted by Crippen LogP contribution is 2.43. The van der Waals surface area contributed by atoms with E-state index >= 15 is 4.39 Å². The van der Waals surface area contributed by atoms with Crippen LogP contribution in [0.2, 0.25) is 0 Å². The molecule has 1 saturated carbocycles. The number of nitrogens with zero attached hydrogens (tertiary/aromatic N) is 2. The van der Waals surface area contributed by atoms with Gasteiger partial charge in [-0.2, -0.15) is 0 Å². The van der Waals surface area contributed by atoms with Crippen molar-refractivity contribution in [3.63, 3.8) is 0 Å². The molecule has 11 heteroatoms. The lowest BCUT2D eigenvalue weighted by atomic mass is 9.82. The van der Waals surface area contributed by atoms with E-state index in [4.69, 9.17) is 14.5 Å². The van der Waals surface area contributed by atoms with Crippen molar-refractivity contribution in [1.82, 2.24) is 14.6 Å². The van der Waals surface area contributed by atoms with Crippen molar-refractivity contribution < 1.29 is 28.0 Å². The molecule has 2 amide bonds. The maximum atomic E-state index is 15.7. The normalized spacial score (nSPS) is 21.6. The topological polar surface area (TPSA) is 116 Å².